The second-order valence-corrected chi connectivity index (χ2v) is 6.56. The zero-order valence-corrected chi connectivity index (χ0v) is 13.8. The molecule has 3 rings (SSSR count). The Labute approximate surface area is 141 Å². The monoisotopic (exact) mass is 330 g/mol. The van der Waals surface area contributed by atoms with Crippen LogP contribution in [0, 0.1) is 0 Å². The largest absolute Gasteiger partial charge is 0.461 e. The Morgan fingerprint density at radius 3 is 2.54 bits per heavy atom. The van der Waals surface area contributed by atoms with E-state index >= 15 is 0 Å². The third-order valence-corrected chi connectivity index (χ3v) is 4.76. The molecule has 6 heteroatoms. The van der Waals surface area contributed by atoms with Gasteiger partial charge in [0.2, 0.25) is 0 Å². The van der Waals surface area contributed by atoms with E-state index in [-0.39, 0.29) is 12.6 Å². The molecule has 1 saturated heterocycles. The lowest BCUT2D eigenvalue weighted by Gasteiger charge is -2.24. The van der Waals surface area contributed by atoms with Gasteiger partial charge >= 0.3 is 12.0 Å². The van der Waals surface area contributed by atoms with E-state index in [4.69, 9.17) is 4.74 Å². The lowest BCUT2D eigenvalue weighted by molar-refractivity contribution is -0.153. The Balaban J connectivity index is 1.67. The van der Waals surface area contributed by atoms with Gasteiger partial charge < -0.3 is 10.1 Å². The predicted molar refractivity (Wildman–Crippen MR) is 87.0 cm³/mol. The normalized spacial score (nSPS) is 24.8. The number of benzene rings is 1. The summed E-state index contributed by atoms with van der Waals surface area (Å²) in [4.78, 5) is 37.9. The summed E-state index contributed by atoms with van der Waals surface area (Å²) >= 11 is 0. The highest BCUT2D eigenvalue weighted by Crippen LogP contribution is 2.28. The first-order chi connectivity index (χ1) is 11.5. The van der Waals surface area contributed by atoms with Crippen molar-refractivity contribution in [3.63, 3.8) is 0 Å². The summed E-state index contributed by atoms with van der Waals surface area (Å²) in [6.07, 6.45) is 4.88. The summed E-state index contributed by atoms with van der Waals surface area (Å²) in [6, 6.07) is 8.45. The number of nitrogens with zero attached hydrogens (tertiary/aromatic N) is 1. The van der Waals surface area contributed by atoms with Crippen molar-refractivity contribution in [2.45, 2.75) is 50.7 Å². The van der Waals surface area contributed by atoms with E-state index in [9.17, 15) is 14.4 Å². The number of esters is 1. The van der Waals surface area contributed by atoms with E-state index in [1.54, 1.807) is 31.2 Å². The molecule has 128 valence electrons. The molecule has 0 spiro atoms. The average molecular weight is 330 g/mol. The van der Waals surface area contributed by atoms with Crippen molar-refractivity contribution in [2.75, 3.05) is 6.54 Å². The van der Waals surface area contributed by atoms with Crippen LogP contribution in [-0.4, -0.2) is 35.5 Å². The Hall–Kier alpha value is -2.37. The number of amides is 3. The Morgan fingerprint density at radius 1 is 1.21 bits per heavy atom. The highest BCUT2D eigenvalue weighted by atomic mass is 16.5. The van der Waals surface area contributed by atoms with Gasteiger partial charge in [-0.25, -0.2) is 4.79 Å². The van der Waals surface area contributed by atoms with E-state index in [1.807, 2.05) is 6.07 Å². The van der Waals surface area contributed by atoms with Crippen molar-refractivity contribution in [2.24, 2.45) is 0 Å². The highest BCUT2D eigenvalue weighted by Gasteiger charge is 2.49. The molecule has 24 heavy (non-hydrogen) atoms. The topological polar surface area (TPSA) is 75.7 Å². The molecule has 2 aliphatic rings. The molecular weight excluding hydrogens is 308 g/mol. The maximum atomic E-state index is 12.7. The first-order valence-electron chi connectivity index (χ1n) is 8.40. The van der Waals surface area contributed by atoms with Crippen LogP contribution in [0.5, 0.6) is 0 Å². The fraction of sp³-hybridized carbons (Fsp3) is 0.500. The maximum absolute atomic E-state index is 12.7. The first kappa shape index (κ1) is 16.5. The molecule has 1 aliphatic heterocycles. The molecule has 1 aromatic carbocycles. The van der Waals surface area contributed by atoms with Crippen molar-refractivity contribution in [1.29, 1.82) is 0 Å². The zero-order chi connectivity index (χ0) is 17.2. The molecule has 1 unspecified atom stereocenters. The Kier molecular flexibility index (Phi) is 4.55. The summed E-state index contributed by atoms with van der Waals surface area (Å²) in [5.41, 5.74) is -0.463. The second kappa shape index (κ2) is 6.63. The van der Waals surface area contributed by atoms with Crippen LogP contribution in [0.4, 0.5) is 4.79 Å². The van der Waals surface area contributed by atoms with Gasteiger partial charge in [0.05, 0.1) is 0 Å². The number of carbonyl (C=O) groups excluding carboxylic acids is 3. The molecule has 6 nitrogen and oxygen atoms in total. The number of urea groups is 1. The number of carbonyl (C=O) groups is 3. The number of nitrogens with one attached hydrogen (secondary N) is 1. The highest BCUT2D eigenvalue weighted by molar-refractivity contribution is 6.08. The van der Waals surface area contributed by atoms with E-state index in [1.165, 1.54) is 0 Å². The quantitative estimate of drug-likeness (QED) is 0.679. The third kappa shape index (κ3) is 3.13. The van der Waals surface area contributed by atoms with Crippen molar-refractivity contribution >= 4 is 17.9 Å². The maximum Gasteiger partial charge on any atom is 0.326 e. The minimum Gasteiger partial charge on any atom is -0.461 e. The van der Waals surface area contributed by atoms with E-state index in [0.717, 1.165) is 37.0 Å². The standard InChI is InChI=1S/C18H22N2O4/c1-18(13-8-4-2-5-9-13)16(22)20(17(23)19-18)12-15(21)24-14-10-6-3-7-11-14/h2,4-5,8-9,14H,3,6-7,10-12H2,1H3,(H,19,23). The summed E-state index contributed by atoms with van der Waals surface area (Å²) in [5, 5.41) is 2.69. The SMILES string of the molecule is CC1(c2ccccc2)NC(=O)N(CC(=O)OC2CCCCC2)C1=O. The van der Waals surface area contributed by atoms with Gasteiger partial charge in [-0.3, -0.25) is 14.5 Å². The summed E-state index contributed by atoms with van der Waals surface area (Å²) in [5.74, 6) is -0.956. The van der Waals surface area contributed by atoms with Gasteiger partial charge in [-0.15, -0.1) is 0 Å². The third-order valence-electron chi connectivity index (χ3n) is 4.76. The van der Waals surface area contributed by atoms with Crippen LogP contribution >= 0.6 is 0 Å². The fourth-order valence-electron chi connectivity index (χ4n) is 3.34. The van der Waals surface area contributed by atoms with Crippen LogP contribution < -0.4 is 5.32 Å². The molecule has 0 radical (unpaired) electrons. The van der Waals surface area contributed by atoms with Crippen LogP contribution in [-0.2, 0) is 19.9 Å². The van der Waals surface area contributed by atoms with Gasteiger partial charge in [0.15, 0.2) is 0 Å². The predicted octanol–water partition coefficient (Wildman–Crippen LogP) is 2.33. The minimum absolute atomic E-state index is 0.0903. The lowest BCUT2D eigenvalue weighted by Crippen LogP contribution is -2.42. The van der Waals surface area contributed by atoms with Crippen LogP contribution in [0.25, 0.3) is 0 Å². The minimum atomic E-state index is -1.15. The Morgan fingerprint density at radius 2 is 1.88 bits per heavy atom. The molecule has 3 amide bonds. The molecular formula is C18H22N2O4. The van der Waals surface area contributed by atoms with Gasteiger partial charge in [-0.2, -0.15) is 0 Å². The van der Waals surface area contributed by atoms with Crippen molar-refractivity contribution in [3.8, 4) is 0 Å². The van der Waals surface area contributed by atoms with Crippen molar-refractivity contribution in [3.05, 3.63) is 35.9 Å². The van der Waals surface area contributed by atoms with Crippen molar-refractivity contribution in [1.82, 2.24) is 10.2 Å². The van der Waals surface area contributed by atoms with E-state index < -0.39 is 23.4 Å². The second-order valence-electron chi connectivity index (χ2n) is 6.56. The van der Waals surface area contributed by atoms with Crippen LogP contribution in [0.1, 0.15) is 44.6 Å². The molecule has 0 aromatic heterocycles. The smallest absolute Gasteiger partial charge is 0.326 e. The Bertz CT molecular complexity index is 640. The van der Waals surface area contributed by atoms with E-state index in [2.05, 4.69) is 5.32 Å². The fourth-order valence-corrected chi connectivity index (χ4v) is 3.34. The number of ether oxygens (including phenoxy) is 1. The van der Waals surface area contributed by atoms with Crippen LogP contribution in [0.2, 0.25) is 0 Å². The number of hydrogen-bond acceptors (Lipinski definition) is 4. The summed E-state index contributed by atoms with van der Waals surface area (Å²) < 4.78 is 5.41. The molecule has 2 fully saturated rings. The molecule has 1 atom stereocenters. The molecule has 1 heterocycles. The molecule has 1 saturated carbocycles. The van der Waals surface area contributed by atoms with Gasteiger partial charge in [0.1, 0.15) is 18.2 Å². The van der Waals surface area contributed by atoms with Crippen LogP contribution in [0.3, 0.4) is 0 Å². The molecule has 1 N–H and O–H groups in total. The van der Waals surface area contributed by atoms with E-state index in [0.29, 0.717) is 5.56 Å². The van der Waals surface area contributed by atoms with Gasteiger partial charge in [0, 0.05) is 0 Å². The van der Waals surface area contributed by atoms with Gasteiger partial charge in [-0.05, 0) is 38.2 Å². The molecule has 1 aromatic rings. The molecule has 1 aliphatic carbocycles. The van der Waals surface area contributed by atoms with Gasteiger partial charge in [0.25, 0.3) is 5.91 Å². The first-order valence-corrected chi connectivity index (χ1v) is 8.40. The van der Waals surface area contributed by atoms with Gasteiger partial charge in [-0.1, -0.05) is 36.8 Å². The molecule has 0 bridgehead atoms. The summed E-state index contributed by atoms with van der Waals surface area (Å²) in [7, 11) is 0. The number of imide groups is 1. The lowest BCUT2D eigenvalue weighted by atomic mass is 9.92. The number of hydrogen-bond donors (Lipinski definition) is 1. The number of rotatable bonds is 4. The van der Waals surface area contributed by atoms with Crippen molar-refractivity contribution < 1.29 is 19.1 Å². The van der Waals surface area contributed by atoms with Crippen LogP contribution in [0.15, 0.2) is 30.3 Å². The summed E-state index contributed by atoms with van der Waals surface area (Å²) in [6.45, 7) is 1.30. The average Bonchev–Trinajstić information content (AvgIpc) is 2.81. The zero-order valence-electron chi connectivity index (χ0n) is 13.8.